The van der Waals surface area contributed by atoms with E-state index < -0.39 is 17.5 Å². The quantitative estimate of drug-likeness (QED) is 0.869. The van der Waals surface area contributed by atoms with Gasteiger partial charge in [0.15, 0.2) is 6.23 Å². The summed E-state index contributed by atoms with van der Waals surface area (Å²) in [4.78, 5) is 25.9. The Labute approximate surface area is 121 Å². The van der Waals surface area contributed by atoms with Crippen molar-refractivity contribution in [2.45, 2.75) is 50.7 Å². The maximum Gasteiger partial charge on any atom is 0.330 e. The van der Waals surface area contributed by atoms with Gasteiger partial charge in [-0.15, -0.1) is 0 Å². The summed E-state index contributed by atoms with van der Waals surface area (Å²) in [5.74, 6) is 0. The zero-order valence-electron chi connectivity index (χ0n) is 12.4. The molecule has 2 fully saturated rings. The minimum atomic E-state index is -0.583. The van der Waals surface area contributed by atoms with E-state index in [-0.39, 0.29) is 17.8 Å². The van der Waals surface area contributed by atoms with E-state index in [0.717, 1.165) is 12.8 Å². The van der Waals surface area contributed by atoms with Gasteiger partial charge in [-0.1, -0.05) is 6.92 Å². The number of nitrogens with zero attached hydrogens (tertiary/aromatic N) is 1. The van der Waals surface area contributed by atoms with Gasteiger partial charge in [0.05, 0.1) is 6.61 Å². The third-order valence-electron chi connectivity index (χ3n) is 4.56. The highest BCUT2D eigenvalue weighted by molar-refractivity contribution is 5.08. The Morgan fingerprint density at radius 1 is 1.52 bits per heavy atom. The molecule has 0 amide bonds. The van der Waals surface area contributed by atoms with Crippen molar-refractivity contribution in [3.05, 3.63) is 32.6 Å². The molecule has 4 atom stereocenters. The lowest BCUT2D eigenvalue weighted by molar-refractivity contribution is -0.136. The molecule has 2 bridgehead atoms. The maximum absolute atomic E-state index is 12.1. The predicted molar refractivity (Wildman–Crippen MR) is 74.4 cm³/mol. The highest BCUT2D eigenvalue weighted by atomic mass is 16.6. The summed E-state index contributed by atoms with van der Waals surface area (Å²) in [5, 5.41) is 0. The molecule has 0 spiro atoms. The number of H-pyrrole nitrogens is 1. The summed E-state index contributed by atoms with van der Waals surface area (Å²) in [6, 6.07) is 0. The molecule has 0 radical (unpaired) electrons. The van der Waals surface area contributed by atoms with Gasteiger partial charge in [0, 0.05) is 25.3 Å². The van der Waals surface area contributed by atoms with Crippen molar-refractivity contribution in [1.82, 2.24) is 9.55 Å². The molecule has 2 aliphatic heterocycles. The number of fused-ring (bicyclic) bond motifs is 2. The molecule has 116 valence electrons. The molecule has 21 heavy (non-hydrogen) atoms. The van der Waals surface area contributed by atoms with Crippen LogP contribution in [0.2, 0.25) is 0 Å². The first-order valence-electron chi connectivity index (χ1n) is 7.16. The SMILES string of the molecule is CC[C@]12CCO[C@@H](C1OC)[C@H](n1cc(C)c(=O)[nH]c1=O)O2. The molecular formula is C14H20N2O5. The van der Waals surface area contributed by atoms with E-state index in [0.29, 0.717) is 12.2 Å². The Morgan fingerprint density at radius 2 is 2.29 bits per heavy atom. The van der Waals surface area contributed by atoms with Crippen LogP contribution in [0.1, 0.15) is 31.6 Å². The minimum Gasteiger partial charge on any atom is -0.376 e. The third-order valence-corrected chi connectivity index (χ3v) is 4.56. The Balaban J connectivity index is 2.07. The van der Waals surface area contributed by atoms with Crippen LogP contribution in [-0.4, -0.2) is 41.1 Å². The summed E-state index contributed by atoms with van der Waals surface area (Å²) in [7, 11) is 1.63. The van der Waals surface area contributed by atoms with Gasteiger partial charge in [0.1, 0.15) is 17.8 Å². The fourth-order valence-electron chi connectivity index (χ4n) is 3.36. The summed E-state index contributed by atoms with van der Waals surface area (Å²) in [6.07, 6.45) is 1.87. The molecule has 3 heterocycles. The number of rotatable bonds is 3. The van der Waals surface area contributed by atoms with Crippen LogP contribution in [-0.2, 0) is 14.2 Å². The van der Waals surface area contributed by atoms with Crippen LogP contribution in [0.3, 0.4) is 0 Å². The van der Waals surface area contributed by atoms with Crippen LogP contribution in [0, 0.1) is 6.92 Å². The van der Waals surface area contributed by atoms with Crippen LogP contribution in [0.15, 0.2) is 15.8 Å². The van der Waals surface area contributed by atoms with Gasteiger partial charge in [-0.05, 0) is 13.3 Å². The van der Waals surface area contributed by atoms with Crippen molar-refractivity contribution in [2.24, 2.45) is 0 Å². The predicted octanol–water partition coefficient (Wildman–Crippen LogP) is 0.327. The van der Waals surface area contributed by atoms with E-state index in [1.54, 1.807) is 14.0 Å². The maximum atomic E-state index is 12.1. The molecule has 0 aliphatic carbocycles. The van der Waals surface area contributed by atoms with Crippen LogP contribution >= 0.6 is 0 Å². The van der Waals surface area contributed by atoms with Crippen molar-refractivity contribution >= 4 is 0 Å². The smallest absolute Gasteiger partial charge is 0.330 e. The number of nitrogens with one attached hydrogen (secondary N) is 1. The lowest BCUT2D eigenvalue weighted by Gasteiger charge is -2.36. The van der Waals surface area contributed by atoms with E-state index in [4.69, 9.17) is 14.2 Å². The molecular weight excluding hydrogens is 276 g/mol. The third kappa shape index (κ3) is 2.07. The second-order valence-corrected chi connectivity index (χ2v) is 5.65. The first-order chi connectivity index (χ1) is 10.0. The zero-order valence-corrected chi connectivity index (χ0v) is 12.4. The van der Waals surface area contributed by atoms with Crippen molar-refractivity contribution in [3.63, 3.8) is 0 Å². The molecule has 2 aliphatic rings. The number of methoxy groups -OCH3 is 1. The average Bonchev–Trinajstić information content (AvgIpc) is 2.65. The Kier molecular flexibility index (Phi) is 3.51. The van der Waals surface area contributed by atoms with Crippen molar-refractivity contribution < 1.29 is 14.2 Å². The number of hydrogen-bond acceptors (Lipinski definition) is 5. The summed E-state index contributed by atoms with van der Waals surface area (Å²) < 4.78 is 18.9. The van der Waals surface area contributed by atoms with Crippen LogP contribution in [0.25, 0.3) is 0 Å². The van der Waals surface area contributed by atoms with E-state index in [9.17, 15) is 9.59 Å². The molecule has 3 rings (SSSR count). The average molecular weight is 296 g/mol. The fourth-order valence-corrected chi connectivity index (χ4v) is 3.36. The lowest BCUT2D eigenvalue weighted by Crippen LogP contribution is -2.49. The molecule has 7 nitrogen and oxygen atoms in total. The molecule has 7 heteroatoms. The molecule has 0 aromatic carbocycles. The van der Waals surface area contributed by atoms with Crippen LogP contribution < -0.4 is 11.2 Å². The molecule has 1 aromatic rings. The molecule has 2 saturated heterocycles. The van der Waals surface area contributed by atoms with Gasteiger partial charge in [-0.3, -0.25) is 14.3 Å². The topological polar surface area (TPSA) is 82.5 Å². The first-order valence-corrected chi connectivity index (χ1v) is 7.16. The van der Waals surface area contributed by atoms with Gasteiger partial charge in [0.25, 0.3) is 5.56 Å². The largest absolute Gasteiger partial charge is 0.376 e. The summed E-state index contributed by atoms with van der Waals surface area (Å²) in [6.45, 7) is 4.27. The van der Waals surface area contributed by atoms with Crippen LogP contribution in [0.4, 0.5) is 0 Å². The lowest BCUT2D eigenvalue weighted by atomic mass is 9.87. The number of aromatic nitrogens is 2. The summed E-state index contributed by atoms with van der Waals surface area (Å²) in [5.41, 5.74) is -0.857. The second-order valence-electron chi connectivity index (χ2n) is 5.65. The van der Waals surface area contributed by atoms with Crippen molar-refractivity contribution in [2.75, 3.05) is 13.7 Å². The second kappa shape index (κ2) is 5.08. The molecule has 1 unspecified atom stereocenters. The van der Waals surface area contributed by atoms with Gasteiger partial charge in [0.2, 0.25) is 0 Å². The van der Waals surface area contributed by atoms with Crippen molar-refractivity contribution in [3.8, 4) is 0 Å². The number of hydrogen-bond donors (Lipinski definition) is 1. The highest BCUT2D eigenvalue weighted by Crippen LogP contribution is 2.46. The van der Waals surface area contributed by atoms with E-state index in [1.807, 2.05) is 6.92 Å². The first kappa shape index (κ1) is 14.5. The molecule has 1 N–H and O–H groups in total. The number of aromatic amines is 1. The van der Waals surface area contributed by atoms with Gasteiger partial charge in [-0.25, -0.2) is 4.79 Å². The van der Waals surface area contributed by atoms with Gasteiger partial charge >= 0.3 is 5.69 Å². The number of ether oxygens (including phenoxy) is 3. The molecule has 0 saturated carbocycles. The fraction of sp³-hybridized carbons (Fsp3) is 0.714. The molecule has 1 aromatic heterocycles. The van der Waals surface area contributed by atoms with E-state index in [2.05, 4.69) is 4.98 Å². The van der Waals surface area contributed by atoms with E-state index in [1.165, 1.54) is 10.8 Å². The summed E-state index contributed by atoms with van der Waals surface area (Å²) >= 11 is 0. The van der Waals surface area contributed by atoms with E-state index >= 15 is 0 Å². The number of aryl methyl sites for hydroxylation is 1. The standard InChI is InChI=1S/C14H20N2O5/c1-4-14-5-6-20-9(10(14)19-3)12(21-14)16-7-8(2)11(17)15-13(16)18/h7,9-10,12H,4-6H2,1-3H3,(H,15,17,18)/t9-,10?,12+,14-/m0/s1. The normalized spacial score (nSPS) is 35.1. The Hall–Kier alpha value is -1.44. The van der Waals surface area contributed by atoms with Crippen LogP contribution in [0.5, 0.6) is 0 Å². The Bertz CT molecular complexity index is 651. The zero-order chi connectivity index (χ0) is 15.2. The van der Waals surface area contributed by atoms with Gasteiger partial charge < -0.3 is 14.2 Å². The monoisotopic (exact) mass is 296 g/mol. The van der Waals surface area contributed by atoms with Gasteiger partial charge in [-0.2, -0.15) is 0 Å². The highest BCUT2D eigenvalue weighted by Gasteiger charge is 2.58. The van der Waals surface area contributed by atoms with Crippen molar-refractivity contribution in [1.29, 1.82) is 0 Å². The Morgan fingerprint density at radius 3 is 2.90 bits per heavy atom. The minimum absolute atomic E-state index is 0.222.